The van der Waals surface area contributed by atoms with E-state index >= 15 is 0 Å². The maximum Gasteiger partial charge on any atom is 0.315 e. The number of fused-ring (bicyclic) bond motifs is 1. The minimum Gasteiger partial charge on any atom is -0.481 e. The molecule has 1 unspecified atom stereocenters. The van der Waals surface area contributed by atoms with Crippen LogP contribution in [0.15, 0.2) is 59.5 Å². The van der Waals surface area contributed by atoms with E-state index in [1.54, 1.807) is 37.3 Å². The van der Waals surface area contributed by atoms with E-state index in [1.165, 1.54) is 16.7 Å². The summed E-state index contributed by atoms with van der Waals surface area (Å²) in [6.07, 6.45) is 0. The highest BCUT2D eigenvalue weighted by Crippen LogP contribution is 2.34. The lowest BCUT2D eigenvalue weighted by Gasteiger charge is -2.29. The number of aliphatic carboxylic acids is 1. The Labute approximate surface area is 161 Å². The summed E-state index contributed by atoms with van der Waals surface area (Å²) in [4.78, 5) is 38.9. The van der Waals surface area contributed by atoms with Gasteiger partial charge in [0.1, 0.15) is 12.0 Å². The molecule has 0 bridgehead atoms. The molecule has 140 valence electrons. The fourth-order valence-electron chi connectivity index (χ4n) is 2.91. The largest absolute Gasteiger partial charge is 0.481 e. The summed E-state index contributed by atoms with van der Waals surface area (Å²) >= 11 is 1.45. The number of carboxylic acids is 1. The predicted octanol–water partition coefficient (Wildman–Crippen LogP) is 2.28. The van der Waals surface area contributed by atoms with Crippen molar-refractivity contribution in [3.05, 3.63) is 60.2 Å². The third kappa shape index (κ3) is 3.98. The molecule has 3 rings (SSSR count). The van der Waals surface area contributed by atoms with Crippen molar-refractivity contribution in [2.45, 2.75) is 17.2 Å². The maximum absolute atomic E-state index is 12.5. The molecule has 0 aromatic heterocycles. The van der Waals surface area contributed by atoms with Gasteiger partial charge in [0.15, 0.2) is 0 Å². The van der Waals surface area contributed by atoms with Gasteiger partial charge >= 0.3 is 5.97 Å². The van der Waals surface area contributed by atoms with Crippen molar-refractivity contribution in [2.75, 3.05) is 23.7 Å². The molecular weight excluding hydrogens is 364 g/mol. The molecule has 2 aromatic rings. The zero-order chi connectivity index (χ0) is 19.4. The van der Waals surface area contributed by atoms with Crippen molar-refractivity contribution in [2.24, 2.45) is 0 Å². The monoisotopic (exact) mass is 384 g/mol. The smallest absolute Gasteiger partial charge is 0.315 e. The number of nitrogens with zero attached hydrogens (tertiary/aromatic N) is 1. The summed E-state index contributed by atoms with van der Waals surface area (Å²) in [6.45, 7) is 1.37. The number of carbonyl (C=O) groups is 3. The maximum atomic E-state index is 12.5. The molecule has 1 atom stereocenters. The molecule has 27 heavy (non-hydrogen) atoms. The van der Waals surface area contributed by atoms with Crippen molar-refractivity contribution in [3.63, 3.8) is 0 Å². The van der Waals surface area contributed by atoms with Crippen molar-refractivity contribution in [1.82, 2.24) is 5.32 Å². The summed E-state index contributed by atoms with van der Waals surface area (Å²) < 4.78 is 0. The highest BCUT2D eigenvalue weighted by molar-refractivity contribution is 8.00. The average molecular weight is 384 g/mol. The van der Waals surface area contributed by atoms with E-state index in [0.29, 0.717) is 11.3 Å². The first-order chi connectivity index (χ1) is 12.9. The first kappa shape index (κ1) is 19.0. The number of benzene rings is 2. The van der Waals surface area contributed by atoms with E-state index in [0.717, 1.165) is 4.90 Å². The van der Waals surface area contributed by atoms with Gasteiger partial charge in [0.05, 0.1) is 11.4 Å². The van der Waals surface area contributed by atoms with Crippen molar-refractivity contribution >= 4 is 35.2 Å². The highest BCUT2D eigenvalue weighted by atomic mass is 32.2. The van der Waals surface area contributed by atoms with E-state index in [4.69, 9.17) is 0 Å². The van der Waals surface area contributed by atoms with Crippen LogP contribution >= 0.6 is 11.8 Å². The lowest BCUT2D eigenvalue weighted by Crippen LogP contribution is -2.48. The van der Waals surface area contributed by atoms with Gasteiger partial charge in [0.2, 0.25) is 11.8 Å². The number of para-hydroxylation sites is 1. The Balaban J connectivity index is 1.71. The molecule has 2 amide bonds. The second-order valence-electron chi connectivity index (χ2n) is 6.52. The van der Waals surface area contributed by atoms with Gasteiger partial charge in [-0.25, -0.2) is 0 Å². The van der Waals surface area contributed by atoms with Crippen molar-refractivity contribution in [1.29, 1.82) is 0 Å². The molecule has 7 heteroatoms. The van der Waals surface area contributed by atoms with Gasteiger partial charge in [-0.2, -0.15) is 0 Å². The van der Waals surface area contributed by atoms with Crippen LogP contribution in [0.25, 0.3) is 0 Å². The third-order valence-corrected chi connectivity index (χ3v) is 5.68. The molecule has 2 aromatic carbocycles. The fourth-order valence-corrected chi connectivity index (χ4v) is 3.85. The first-order valence-corrected chi connectivity index (χ1v) is 9.48. The van der Waals surface area contributed by atoms with Crippen molar-refractivity contribution < 1.29 is 19.5 Å². The average Bonchev–Trinajstić information content (AvgIpc) is 2.69. The topological polar surface area (TPSA) is 86.7 Å². The van der Waals surface area contributed by atoms with Gasteiger partial charge in [-0.1, -0.05) is 42.5 Å². The van der Waals surface area contributed by atoms with Gasteiger partial charge in [0, 0.05) is 11.4 Å². The molecule has 2 N–H and O–H groups in total. The zero-order valence-electron chi connectivity index (χ0n) is 14.8. The standard InChI is InChI=1S/C20H20N2O4S/c1-20(19(25)26,14-7-3-2-4-8-14)13-21-17(23)11-22-15-9-5-6-10-16(15)27-12-18(22)24/h2-10H,11-13H2,1H3,(H,21,23)(H,25,26). The first-order valence-electron chi connectivity index (χ1n) is 8.49. The quantitative estimate of drug-likeness (QED) is 0.798. The Bertz CT molecular complexity index is 871. The Morgan fingerprint density at radius 1 is 1.15 bits per heavy atom. The summed E-state index contributed by atoms with van der Waals surface area (Å²) in [5.41, 5.74) is 0.0582. The van der Waals surface area contributed by atoms with E-state index < -0.39 is 17.3 Å². The zero-order valence-corrected chi connectivity index (χ0v) is 15.7. The summed E-state index contributed by atoms with van der Waals surface area (Å²) in [5, 5.41) is 12.4. The summed E-state index contributed by atoms with van der Waals surface area (Å²) in [5.74, 6) is -1.28. The SMILES string of the molecule is CC(CNC(=O)CN1C(=O)CSc2ccccc21)(C(=O)O)c1ccccc1. The van der Waals surface area contributed by atoms with Crippen LogP contribution < -0.4 is 10.2 Å². The van der Waals surface area contributed by atoms with Crippen molar-refractivity contribution in [3.8, 4) is 0 Å². The second kappa shape index (κ2) is 7.84. The van der Waals surface area contributed by atoms with Crippen LogP contribution in [0, 0.1) is 0 Å². The molecule has 0 spiro atoms. The normalized spacial score (nSPS) is 15.6. The van der Waals surface area contributed by atoms with Gasteiger partial charge in [-0.3, -0.25) is 14.4 Å². The van der Waals surface area contributed by atoms with Crippen LogP contribution in [-0.2, 0) is 19.8 Å². The Morgan fingerprint density at radius 2 is 1.81 bits per heavy atom. The molecule has 0 saturated carbocycles. The number of nitrogens with one attached hydrogen (secondary N) is 1. The molecule has 1 aliphatic heterocycles. The van der Waals surface area contributed by atoms with Gasteiger partial charge in [0.25, 0.3) is 0 Å². The van der Waals surface area contributed by atoms with Gasteiger partial charge < -0.3 is 15.3 Å². The molecule has 0 fully saturated rings. The van der Waals surface area contributed by atoms with Crippen LogP contribution in [0.4, 0.5) is 5.69 Å². The summed E-state index contributed by atoms with van der Waals surface area (Å²) in [7, 11) is 0. The predicted molar refractivity (Wildman–Crippen MR) is 104 cm³/mol. The van der Waals surface area contributed by atoms with E-state index in [2.05, 4.69) is 5.32 Å². The van der Waals surface area contributed by atoms with Crippen LogP contribution in [0.2, 0.25) is 0 Å². The minimum absolute atomic E-state index is 0.0659. The molecule has 0 saturated heterocycles. The Hall–Kier alpha value is -2.80. The third-order valence-electron chi connectivity index (χ3n) is 4.63. The van der Waals surface area contributed by atoms with Crippen LogP contribution in [-0.4, -0.2) is 41.7 Å². The fraction of sp³-hybridized carbons (Fsp3) is 0.250. The van der Waals surface area contributed by atoms with Gasteiger partial charge in [-0.05, 0) is 24.6 Å². The molecule has 0 radical (unpaired) electrons. The number of thioether (sulfide) groups is 1. The Morgan fingerprint density at radius 3 is 2.52 bits per heavy atom. The molecule has 1 heterocycles. The van der Waals surface area contributed by atoms with Crippen LogP contribution in [0.5, 0.6) is 0 Å². The van der Waals surface area contributed by atoms with Gasteiger partial charge in [-0.15, -0.1) is 11.8 Å². The second-order valence-corrected chi connectivity index (χ2v) is 7.53. The number of rotatable bonds is 6. The molecule has 0 aliphatic carbocycles. The van der Waals surface area contributed by atoms with Crippen LogP contribution in [0.1, 0.15) is 12.5 Å². The molecule has 6 nitrogen and oxygen atoms in total. The summed E-state index contributed by atoms with van der Waals surface area (Å²) in [6, 6.07) is 16.2. The van der Waals surface area contributed by atoms with Crippen LogP contribution in [0.3, 0.4) is 0 Å². The number of hydrogen-bond acceptors (Lipinski definition) is 4. The number of anilines is 1. The number of carbonyl (C=O) groups excluding carboxylic acids is 2. The lowest BCUT2D eigenvalue weighted by atomic mass is 9.82. The van der Waals surface area contributed by atoms with E-state index in [1.807, 2.05) is 24.3 Å². The highest BCUT2D eigenvalue weighted by Gasteiger charge is 2.36. The lowest BCUT2D eigenvalue weighted by molar-refractivity contribution is -0.143. The minimum atomic E-state index is -1.25. The number of amides is 2. The number of hydrogen-bond donors (Lipinski definition) is 2. The molecular formula is C20H20N2O4S. The van der Waals surface area contributed by atoms with E-state index in [-0.39, 0.29) is 24.7 Å². The number of carboxylic acid groups (broad SMARTS) is 1. The Kier molecular flexibility index (Phi) is 5.51. The molecule has 1 aliphatic rings. The van der Waals surface area contributed by atoms with E-state index in [9.17, 15) is 19.5 Å².